The molecule has 1 aromatic heterocycles. The molecular weight excluding hydrogens is 235 g/mol. The number of halogens is 1. The maximum Gasteiger partial charge on any atom is 0.123 e. The van der Waals surface area contributed by atoms with E-state index in [1.54, 1.807) is 23.5 Å². The number of aromatic nitrogens is 1. The van der Waals surface area contributed by atoms with Crippen molar-refractivity contribution in [1.82, 2.24) is 10.3 Å². The number of nitrogens with one attached hydrogen (secondary N) is 1. The second-order valence-corrected chi connectivity index (χ2v) is 5.28. The second kappa shape index (κ2) is 4.55. The van der Waals surface area contributed by atoms with E-state index in [9.17, 15) is 4.39 Å². The maximum atomic E-state index is 12.8. The summed E-state index contributed by atoms with van der Waals surface area (Å²) < 4.78 is 12.8. The van der Waals surface area contributed by atoms with E-state index in [0.29, 0.717) is 6.04 Å². The molecule has 3 rings (SSSR count). The van der Waals surface area contributed by atoms with Gasteiger partial charge in [-0.2, -0.15) is 0 Å². The highest BCUT2D eigenvalue weighted by atomic mass is 32.1. The smallest absolute Gasteiger partial charge is 0.123 e. The SMILES string of the molecule is Fc1ccc(-c2cnc([C@@H]3CCCN3)s2)cc1. The Balaban J connectivity index is 1.86. The molecule has 1 atom stereocenters. The van der Waals surface area contributed by atoms with Gasteiger partial charge in [-0.15, -0.1) is 11.3 Å². The fourth-order valence-corrected chi connectivity index (χ4v) is 3.13. The van der Waals surface area contributed by atoms with Crippen LogP contribution in [0.25, 0.3) is 10.4 Å². The number of nitrogens with zero attached hydrogens (tertiary/aromatic N) is 1. The fraction of sp³-hybridized carbons (Fsp3) is 0.308. The molecule has 2 aromatic rings. The first-order valence-corrected chi connectivity index (χ1v) is 6.59. The van der Waals surface area contributed by atoms with Crippen molar-refractivity contribution >= 4 is 11.3 Å². The molecule has 17 heavy (non-hydrogen) atoms. The molecule has 0 amide bonds. The van der Waals surface area contributed by atoms with Gasteiger partial charge in [0.1, 0.15) is 10.8 Å². The highest BCUT2D eigenvalue weighted by Gasteiger charge is 2.19. The van der Waals surface area contributed by atoms with Crippen LogP contribution >= 0.6 is 11.3 Å². The molecule has 1 N–H and O–H groups in total. The normalized spacial score (nSPS) is 19.7. The van der Waals surface area contributed by atoms with Crippen molar-refractivity contribution in [2.75, 3.05) is 6.54 Å². The highest BCUT2D eigenvalue weighted by molar-refractivity contribution is 7.15. The molecular formula is C13H13FN2S. The Kier molecular flexibility index (Phi) is 2.91. The molecule has 0 saturated carbocycles. The van der Waals surface area contributed by atoms with Gasteiger partial charge in [-0.3, -0.25) is 0 Å². The maximum absolute atomic E-state index is 12.8. The lowest BCUT2D eigenvalue weighted by Crippen LogP contribution is -2.12. The van der Waals surface area contributed by atoms with Gasteiger partial charge in [0, 0.05) is 6.20 Å². The average molecular weight is 248 g/mol. The molecule has 0 bridgehead atoms. The fourth-order valence-electron chi connectivity index (χ4n) is 2.09. The van der Waals surface area contributed by atoms with E-state index >= 15 is 0 Å². The average Bonchev–Trinajstić information content (AvgIpc) is 3.00. The molecule has 0 spiro atoms. The number of rotatable bonds is 2. The van der Waals surface area contributed by atoms with Crippen molar-refractivity contribution in [3.63, 3.8) is 0 Å². The Hall–Kier alpha value is -1.26. The quantitative estimate of drug-likeness (QED) is 0.881. The van der Waals surface area contributed by atoms with E-state index in [2.05, 4.69) is 10.3 Å². The summed E-state index contributed by atoms with van der Waals surface area (Å²) in [7, 11) is 0. The zero-order valence-corrected chi connectivity index (χ0v) is 10.1. The van der Waals surface area contributed by atoms with Gasteiger partial charge in [0.15, 0.2) is 0 Å². The lowest BCUT2D eigenvalue weighted by Gasteiger charge is -2.04. The molecule has 1 aliphatic heterocycles. The van der Waals surface area contributed by atoms with Gasteiger partial charge in [0.25, 0.3) is 0 Å². The third-order valence-electron chi connectivity index (χ3n) is 3.01. The van der Waals surface area contributed by atoms with Crippen LogP contribution in [0.5, 0.6) is 0 Å². The van der Waals surface area contributed by atoms with Crippen molar-refractivity contribution in [2.24, 2.45) is 0 Å². The van der Waals surface area contributed by atoms with Crippen molar-refractivity contribution in [1.29, 1.82) is 0 Å². The molecule has 0 aliphatic carbocycles. The summed E-state index contributed by atoms with van der Waals surface area (Å²) in [5, 5.41) is 4.58. The third kappa shape index (κ3) is 2.23. The van der Waals surface area contributed by atoms with Crippen molar-refractivity contribution < 1.29 is 4.39 Å². The topological polar surface area (TPSA) is 24.9 Å². The number of benzene rings is 1. The summed E-state index contributed by atoms with van der Waals surface area (Å²) in [6.07, 6.45) is 4.26. The molecule has 1 fully saturated rings. The summed E-state index contributed by atoms with van der Waals surface area (Å²) >= 11 is 1.69. The first kappa shape index (κ1) is 10.9. The predicted octanol–water partition coefficient (Wildman–Crippen LogP) is 3.37. The van der Waals surface area contributed by atoms with Crippen LogP contribution in [0.1, 0.15) is 23.9 Å². The standard InChI is InChI=1S/C13H13FN2S/c14-10-5-3-9(4-6-10)12-8-16-13(17-12)11-2-1-7-15-11/h3-6,8,11,15H,1-2,7H2/t11-/m0/s1. The molecule has 1 saturated heterocycles. The number of hydrogen-bond acceptors (Lipinski definition) is 3. The lowest BCUT2D eigenvalue weighted by atomic mass is 10.2. The van der Waals surface area contributed by atoms with E-state index in [1.807, 2.05) is 6.20 Å². The third-order valence-corrected chi connectivity index (χ3v) is 4.17. The van der Waals surface area contributed by atoms with E-state index in [-0.39, 0.29) is 5.82 Å². The van der Waals surface area contributed by atoms with Crippen LogP contribution < -0.4 is 5.32 Å². The summed E-state index contributed by atoms with van der Waals surface area (Å²) in [5.74, 6) is -0.198. The molecule has 1 aliphatic rings. The van der Waals surface area contributed by atoms with E-state index in [4.69, 9.17) is 0 Å². The molecule has 4 heteroatoms. The summed E-state index contributed by atoms with van der Waals surface area (Å²) in [6, 6.07) is 6.99. The van der Waals surface area contributed by atoms with Crippen molar-refractivity contribution in [2.45, 2.75) is 18.9 Å². The summed E-state index contributed by atoms with van der Waals surface area (Å²) in [4.78, 5) is 5.56. The molecule has 2 nitrogen and oxygen atoms in total. The largest absolute Gasteiger partial charge is 0.308 e. The van der Waals surface area contributed by atoms with Gasteiger partial charge in [-0.25, -0.2) is 9.37 Å². The zero-order valence-electron chi connectivity index (χ0n) is 9.32. The van der Waals surface area contributed by atoms with Gasteiger partial charge >= 0.3 is 0 Å². The van der Waals surface area contributed by atoms with Gasteiger partial charge in [0.2, 0.25) is 0 Å². The number of thiazole rings is 1. The Morgan fingerprint density at radius 2 is 2.12 bits per heavy atom. The Bertz CT molecular complexity index is 500. The first-order chi connectivity index (χ1) is 8.33. The van der Waals surface area contributed by atoms with Crippen LogP contribution in [0.2, 0.25) is 0 Å². The van der Waals surface area contributed by atoms with Gasteiger partial charge in [-0.05, 0) is 37.1 Å². The summed E-state index contributed by atoms with van der Waals surface area (Å²) in [5.41, 5.74) is 1.04. The van der Waals surface area contributed by atoms with Crippen LogP contribution in [0.4, 0.5) is 4.39 Å². The van der Waals surface area contributed by atoms with Crippen LogP contribution in [-0.4, -0.2) is 11.5 Å². The lowest BCUT2D eigenvalue weighted by molar-refractivity contribution is 0.628. The molecule has 2 heterocycles. The Labute approximate surface area is 104 Å². The van der Waals surface area contributed by atoms with Gasteiger partial charge < -0.3 is 5.32 Å². The minimum Gasteiger partial charge on any atom is -0.308 e. The number of hydrogen-bond donors (Lipinski definition) is 1. The van der Waals surface area contributed by atoms with Crippen molar-refractivity contribution in [3.8, 4) is 10.4 Å². The van der Waals surface area contributed by atoms with E-state index in [1.165, 1.54) is 18.6 Å². The Morgan fingerprint density at radius 3 is 2.82 bits per heavy atom. The van der Waals surface area contributed by atoms with E-state index < -0.39 is 0 Å². The molecule has 88 valence electrons. The van der Waals surface area contributed by atoms with Crippen LogP contribution in [-0.2, 0) is 0 Å². The zero-order chi connectivity index (χ0) is 11.7. The monoisotopic (exact) mass is 248 g/mol. The second-order valence-electron chi connectivity index (χ2n) is 4.22. The minimum absolute atomic E-state index is 0.198. The van der Waals surface area contributed by atoms with Crippen molar-refractivity contribution in [3.05, 3.63) is 41.3 Å². The van der Waals surface area contributed by atoms with Gasteiger partial charge in [0.05, 0.1) is 10.9 Å². The van der Waals surface area contributed by atoms with Gasteiger partial charge in [-0.1, -0.05) is 12.1 Å². The Morgan fingerprint density at radius 1 is 1.29 bits per heavy atom. The van der Waals surface area contributed by atoms with E-state index in [0.717, 1.165) is 28.4 Å². The van der Waals surface area contributed by atoms with Crippen LogP contribution in [0.3, 0.4) is 0 Å². The minimum atomic E-state index is -0.198. The summed E-state index contributed by atoms with van der Waals surface area (Å²) in [6.45, 7) is 1.08. The predicted molar refractivity (Wildman–Crippen MR) is 67.5 cm³/mol. The van der Waals surface area contributed by atoms with Crippen LogP contribution in [0.15, 0.2) is 30.5 Å². The first-order valence-electron chi connectivity index (χ1n) is 5.78. The molecule has 0 unspecified atom stereocenters. The molecule has 1 aromatic carbocycles. The highest BCUT2D eigenvalue weighted by Crippen LogP contribution is 2.32. The van der Waals surface area contributed by atoms with Crippen LogP contribution in [0, 0.1) is 5.82 Å². The molecule has 0 radical (unpaired) electrons.